The summed E-state index contributed by atoms with van der Waals surface area (Å²) in [5.74, 6) is -0.260. The van der Waals surface area contributed by atoms with E-state index in [2.05, 4.69) is 55.6 Å². The first-order chi connectivity index (χ1) is 14.7. The van der Waals surface area contributed by atoms with Crippen molar-refractivity contribution in [2.24, 2.45) is 0 Å². The molecule has 0 unspecified atom stereocenters. The molecule has 3 heterocycles. The predicted octanol–water partition coefficient (Wildman–Crippen LogP) is 6.42. The maximum Gasteiger partial charge on any atom is 0.254 e. The minimum Gasteiger partial charge on any atom is -0.351 e. The lowest BCUT2D eigenvalue weighted by molar-refractivity contribution is -0.510. The highest BCUT2D eigenvalue weighted by atomic mass is 79.9. The Morgan fingerprint density at radius 2 is 1.60 bits per heavy atom. The van der Waals surface area contributed by atoms with Crippen LogP contribution in [-0.4, -0.2) is 9.55 Å². The van der Waals surface area contributed by atoms with Crippen molar-refractivity contribution < 1.29 is 8.79 Å². The van der Waals surface area contributed by atoms with Gasteiger partial charge in [-0.3, -0.25) is 0 Å². The first-order valence-electron chi connectivity index (χ1n) is 9.67. The molecular weight excluding hydrogens is 441 g/mol. The van der Waals surface area contributed by atoms with Gasteiger partial charge in [0.05, 0.1) is 11.7 Å². The van der Waals surface area contributed by atoms with Crippen LogP contribution in [0.1, 0.15) is 0 Å². The normalized spacial score (nSPS) is 11.7. The van der Waals surface area contributed by atoms with Crippen LogP contribution in [0.3, 0.4) is 0 Å². The largest absolute Gasteiger partial charge is 0.351 e. The Morgan fingerprint density at radius 1 is 0.833 bits per heavy atom. The number of hydrogen-bond acceptors (Lipinski definition) is 0. The summed E-state index contributed by atoms with van der Waals surface area (Å²) in [6, 6.07) is 25.4. The van der Waals surface area contributed by atoms with Crippen LogP contribution in [0.15, 0.2) is 95.9 Å². The van der Waals surface area contributed by atoms with E-state index in [1.807, 2.05) is 47.4 Å². The SMILES string of the molecule is Fc1ccccc1-n1c[n+]2ccc3c4ccccc4[nH]c3c2c1-c1ccc(Br)cc1. The summed E-state index contributed by atoms with van der Waals surface area (Å²) in [6.45, 7) is 0. The van der Waals surface area contributed by atoms with Crippen LogP contribution in [0.2, 0.25) is 0 Å². The van der Waals surface area contributed by atoms with Crippen molar-refractivity contribution >= 4 is 43.3 Å². The fourth-order valence-corrected chi connectivity index (χ4v) is 4.49. The van der Waals surface area contributed by atoms with E-state index in [0.29, 0.717) is 5.69 Å². The molecule has 0 spiro atoms. The zero-order chi connectivity index (χ0) is 20.2. The quantitative estimate of drug-likeness (QED) is 0.291. The minimum absolute atomic E-state index is 0.260. The zero-order valence-electron chi connectivity index (χ0n) is 15.8. The standard InChI is InChI=1S/C25H16BrFN3/c26-17-11-9-16(10-12-17)24-25-23-19(18-5-1-3-7-21(18)28-23)13-14-29(25)15-30(24)22-8-4-2-6-20(22)27/h1-15,28H/q+1. The highest BCUT2D eigenvalue weighted by Gasteiger charge is 2.26. The number of imidazole rings is 1. The molecule has 0 amide bonds. The van der Waals surface area contributed by atoms with Crippen LogP contribution in [-0.2, 0) is 0 Å². The third kappa shape index (κ3) is 2.52. The third-order valence-electron chi connectivity index (χ3n) is 5.58. The second kappa shape index (κ2) is 6.54. The van der Waals surface area contributed by atoms with Crippen molar-refractivity contribution in [1.82, 2.24) is 9.55 Å². The van der Waals surface area contributed by atoms with Crippen LogP contribution in [0.4, 0.5) is 4.39 Å². The second-order valence-corrected chi connectivity index (χ2v) is 8.24. The molecule has 30 heavy (non-hydrogen) atoms. The van der Waals surface area contributed by atoms with Crippen molar-refractivity contribution in [3.63, 3.8) is 0 Å². The van der Waals surface area contributed by atoms with Gasteiger partial charge in [-0.15, -0.1) is 0 Å². The van der Waals surface area contributed by atoms with Crippen molar-refractivity contribution in [1.29, 1.82) is 0 Å². The summed E-state index contributed by atoms with van der Waals surface area (Å²) < 4.78 is 19.8. The molecule has 3 aromatic heterocycles. The molecule has 0 aliphatic carbocycles. The molecule has 0 aliphatic rings. The second-order valence-electron chi connectivity index (χ2n) is 7.32. The van der Waals surface area contributed by atoms with Gasteiger partial charge in [0.25, 0.3) is 6.33 Å². The van der Waals surface area contributed by atoms with Crippen LogP contribution in [0.5, 0.6) is 0 Å². The average Bonchev–Trinajstić information content (AvgIpc) is 3.33. The summed E-state index contributed by atoms with van der Waals surface area (Å²) >= 11 is 3.52. The van der Waals surface area contributed by atoms with E-state index in [-0.39, 0.29) is 5.82 Å². The number of aromatic nitrogens is 3. The first-order valence-corrected chi connectivity index (χ1v) is 10.5. The number of halogens is 2. The predicted molar refractivity (Wildman–Crippen MR) is 121 cm³/mol. The minimum atomic E-state index is -0.260. The maximum absolute atomic E-state index is 14.8. The number of aromatic amines is 1. The van der Waals surface area contributed by atoms with Crippen LogP contribution in [0.25, 0.3) is 44.3 Å². The van der Waals surface area contributed by atoms with E-state index >= 15 is 0 Å². The van der Waals surface area contributed by atoms with Gasteiger partial charge in [0.2, 0.25) is 5.52 Å². The number of benzene rings is 3. The maximum atomic E-state index is 14.8. The van der Waals surface area contributed by atoms with Gasteiger partial charge in [-0.2, -0.15) is 8.97 Å². The third-order valence-corrected chi connectivity index (χ3v) is 6.11. The molecule has 0 bridgehead atoms. The summed E-state index contributed by atoms with van der Waals surface area (Å²) in [7, 11) is 0. The van der Waals surface area contributed by atoms with Gasteiger partial charge in [0, 0.05) is 26.3 Å². The number of rotatable bonds is 2. The van der Waals surface area contributed by atoms with Crippen molar-refractivity contribution in [2.75, 3.05) is 0 Å². The lowest BCUT2D eigenvalue weighted by atomic mass is 10.1. The number of hydrogen-bond donors (Lipinski definition) is 1. The van der Waals surface area contributed by atoms with Gasteiger partial charge in [0.1, 0.15) is 0 Å². The smallest absolute Gasteiger partial charge is 0.254 e. The van der Waals surface area contributed by atoms with Gasteiger partial charge in [-0.05, 0) is 48.5 Å². The van der Waals surface area contributed by atoms with Crippen molar-refractivity contribution in [3.05, 3.63) is 102 Å². The number of nitrogens with zero attached hydrogens (tertiary/aromatic N) is 2. The molecule has 0 saturated heterocycles. The highest BCUT2D eigenvalue weighted by Crippen LogP contribution is 2.34. The van der Waals surface area contributed by atoms with E-state index in [1.54, 1.807) is 12.1 Å². The zero-order valence-corrected chi connectivity index (χ0v) is 17.4. The van der Waals surface area contributed by atoms with Gasteiger partial charge in [-0.1, -0.05) is 46.3 Å². The van der Waals surface area contributed by atoms with Crippen molar-refractivity contribution in [2.45, 2.75) is 0 Å². The van der Waals surface area contributed by atoms with E-state index in [4.69, 9.17) is 0 Å². The van der Waals surface area contributed by atoms with Crippen LogP contribution < -0.4 is 4.40 Å². The Morgan fingerprint density at radius 3 is 2.43 bits per heavy atom. The molecule has 1 N–H and O–H groups in total. The number of nitrogens with one attached hydrogen (secondary N) is 1. The fourth-order valence-electron chi connectivity index (χ4n) is 4.23. The fraction of sp³-hybridized carbons (Fsp3) is 0. The molecule has 6 aromatic rings. The molecule has 0 saturated carbocycles. The molecule has 5 heteroatoms. The topological polar surface area (TPSA) is 24.8 Å². The molecule has 0 fully saturated rings. The van der Waals surface area contributed by atoms with E-state index in [0.717, 1.165) is 37.7 Å². The number of para-hydroxylation sites is 2. The summed E-state index contributed by atoms with van der Waals surface area (Å²) in [5.41, 5.74) is 5.59. The van der Waals surface area contributed by atoms with E-state index in [1.165, 1.54) is 11.5 Å². The Balaban J connectivity index is 1.80. The number of H-pyrrole nitrogens is 1. The Hall–Kier alpha value is -3.44. The number of pyridine rings is 1. The monoisotopic (exact) mass is 456 g/mol. The van der Waals surface area contributed by atoms with E-state index in [9.17, 15) is 4.39 Å². The van der Waals surface area contributed by atoms with Crippen LogP contribution >= 0.6 is 15.9 Å². The molecule has 0 aliphatic heterocycles. The summed E-state index contributed by atoms with van der Waals surface area (Å²) in [4.78, 5) is 3.58. The first kappa shape index (κ1) is 17.4. The highest BCUT2D eigenvalue weighted by molar-refractivity contribution is 9.10. The molecule has 0 radical (unpaired) electrons. The average molecular weight is 457 g/mol. The van der Waals surface area contributed by atoms with E-state index < -0.39 is 0 Å². The van der Waals surface area contributed by atoms with Gasteiger partial charge in [0.15, 0.2) is 17.2 Å². The van der Waals surface area contributed by atoms with Gasteiger partial charge < -0.3 is 4.98 Å². The van der Waals surface area contributed by atoms with Gasteiger partial charge >= 0.3 is 0 Å². The molecule has 3 aromatic carbocycles. The molecule has 144 valence electrons. The summed E-state index contributed by atoms with van der Waals surface area (Å²) in [5, 5.41) is 2.32. The number of fused-ring (bicyclic) bond motifs is 5. The summed E-state index contributed by atoms with van der Waals surface area (Å²) in [6.07, 6.45) is 3.98. The molecule has 3 nitrogen and oxygen atoms in total. The lowest BCUT2D eigenvalue weighted by Gasteiger charge is -2.04. The molecule has 0 atom stereocenters. The molecule has 6 rings (SSSR count). The Bertz CT molecular complexity index is 1560. The Kier molecular flexibility index (Phi) is 3.80. The van der Waals surface area contributed by atoms with Gasteiger partial charge in [-0.25, -0.2) is 4.39 Å². The van der Waals surface area contributed by atoms with Crippen molar-refractivity contribution in [3.8, 4) is 16.9 Å². The van der Waals surface area contributed by atoms with Crippen LogP contribution in [0, 0.1) is 5.82 Å². The lowest BCUT2D eigenvalue weighted by Crippen LogP contribution is -2.17. The Labute approximate surface area is 180 Å². The molecular formula is C25H16BrFN3+.